The van der Waals surface area contributed by atoms with Crippen molar-refractivity contribution >= 4 is 56.0 Å². The Morgan fingerprint density at radius 2 is 1.83 bits per heavy atom. The molecule has 0 aliphatic carbocycles. The van der Waals surface area contributed by atoms with E-state index in [1.54, 1.807) is 4.90 Å². The molecule has 0 aliphatic heterocycles. The quantitative estimate of drug-likeness (QED) is 0.391. The van der Waals surface area contributed by atoms with E-state index in [9.17, 15) is 4.79 Å². The zero-order chi connectivity index (χ0) is 21.8. The molecule has 0 aliphatic rings. The van der Waals surface area contributed by atoms with Crippen molar-refractivity contribution in [1.82, 2.24) is 9.88 Å². The van der Waals surface area contributed by atoms with E-state index in [2.05, 4.69) is 30.9 Å². The van der Waals surface area contributed by atoms with Crippen LogP contribution in [0.5, 0.6) is 0 Å². The molecule has 0 fully saturated rings. The van der Waals surface area contributed by atoms with Crippen molar-refractivity contribution in [2.24, 2.45) is 0 Å². The lowest BCUT2D eigenvalue weighted by atomic mass is 10.1. The van der Waals surface area contributed by atoms with Crippen LogP contribution in [-0.4, -0.2) is 48.2 Å². The SMILES string of the molecule is Cc1ccc(Cl)c2sc(N(CCN(C)C)C(=O)Cc3ccc(SC(C)C)cc3)nc12. The number of hydrogen-bond acceptors (Lipinski definition) is 5. The van der Waals surface area contributed by atoms with Gasteiger partial charge in [0, 0.05) is 23.2 Å². The summed E-state index contributed by atoms with van der Waals surface area (Å²) in [4.78, 5) is 23.1. The Morgan fingerprint density at radius 1 is 1.13 bits per heavy atom. The van der Waals surface area contributed by atoms with Crippen molar-refractivity contribution in [3.63, 3.8) is 0 Å². The van der Waals surface area contributed by atoms with Gasteiger partial charge in [-0.1, -0.05) is 55.0 Å². The molecule has 1 aromatic heterocycles. The Bertz CT molecular complexity index is 976. The van der Waals surface area contributed by atoms with Crippen molar-refractivity contribution in [2.75, 3.05) is 32.1 Å². The van der Waals surface area contributed by atoms with Gasteiger partial charge in [-0.05, 0) is 50.3 Å². The molecule has 0 atom stereocenters. The first kappa shape index (κ1) is 23.1. The molecule has 0 N–H and O–H groups in total. The summed E-state index contributed by atoms with van der Waals surface area (Å²) in [5.41, 5.74) is 2.95. The number of amides is 1. The van der Waals surface area contributed by atoms with Crippen LogP contribution in [0.3, 0.4) is 0 Å². The minimum Gasteiger partial charge on any atom is -0.308 e. The van der Waals surface area contributed by atoms with Gasteiger partial charge in [0.2, 0.25) is 5.91 Å². The van der Waals surface area contributed by atoms with Gasteiger partial charge >= 0.3 is 0 Å². The number of thioether (sulfide) groups is 1. The molecule has 3 aromatic rings. The Morgan fingerprint density at radius 3 is 2.43 bits per heavy atom. The van der Waals surface area contributed by atoms with Crippen LogP contribution in [0, 0.1) is 6.92 Å². The predicted molar refractivity (Wildman–Crippen MR) is 131 cm³/mol. The number of carbonyl (C=O) groups is 1. The number of likely N-dealkylation sites (N-methyl/N-ethyl adjacent to an activating group) is 1. The number of aryl methyl sites for hydroxylation is 1. The maximum absolute atomic E-state index is 13.3. The molecule has 160 valence electrons. The first-order valence-corrected chi connectivity index (χ1v) is 12.1. The fraction of sp³-hybridized carbons (Fsp3) is 0.391. The highest BCUT2D eigenvalue weighted by Gasteiger charge is 2.21. The predicted octanol–water partition coefficient (Wildman–Crippen LogP) is 5.90. The van der Waals surface area contributed by atoms with Gasteiger partial charge in [0.1, 0.15) is 0 Å². The van der Waals surface area contributed by atoms with Crippen LogP contribution >= 0.6 is 34.7 Å². The molecule has 4 nitrogen and oxygen atoms in total. The minimum atomic E-state index is 0.0499. The van der Waals surface area contributed by atoms with Gasteiger partial charge in [-0.25, -0.2) is 4.98 Å². The molecule has 1 amide bonds. The highest BCUT2D eigenvalue weighted by molar-refractivity contribution is 7.99. The maximum atomic E-state index is 13.3. The zero-order valence-electron chi connectivity index (χ0n) is 18.1. The first-order valence-electron chi connectivity index (χ1n) is 10.0. The fourth-order valence-electron chi connectivity index (χ4n) is 3.06. The number of aromatic nitrogens is 1. The molecule has 0 spiro atoms. The van der Waals surface area contributed by atoms with E-state index in [0.717, 1.165) is 27.9 Å². The van der Waals surface area contributed by atoms with Crippen LogP contribution in [0.2, 0.25) is 5.02 Å². The van der Waals surface area contributed by atoms with E-state index in [-0.39, 0.29) is 5.91 Å². The summed E-state index contributed by atoms with van der Waals surface area (Å²) in [5, 5.41) is 1.92. The van der Waals surface area contributed by atoms with Crippen LogP contribution in [0.25, 0.3) is 10.2 Å². The molecule has 0 saturated heterocycles. The number of carbonyl (C=O) groups excluding carboxylic acids is 1. The first-order chi connectivity index (χ1) is 14.2. The topological polar surface area (TPSA) is 36.4 Å². The van der Waals surface area contributed by atoms with Gasteiger partial charge in [0.25, 0.3) is 0 Å². The number of halogens is 1. The second-order valence-corrected chi connectivity index (χ2v) is 10.9. The van der Waals surface area contributed by atoms with Gasteiger partial charge in [-0.3, -0.25) is 9.69 Å². The van der Waals surface area contributed by atoms with Crippen LogP contribution in [0.4, 0.5) is 5.13 Å². The third-order valence-corrected chi connectivity index (χ3v) is 7.19. The van der Waals surface area contributed by atoms with Crippen molar-refractivity contribution in [1.29, 1.82) is 0 Å². The number of rotatable bonds is 8. The molecule has 2 aromatic carbocycles. The largest absolute Gasteiger partial charge is 0.308 e. The van der Waals surface area contributed by atoms with Gasteiger partial charge in [0.05, 0.1) is 21.7 Å². The smallest absolute Gasteiger partial charge is 0.233 e. The molecule has 7 heteroatoms. The molecule has 1 heterocycles. The number of hydrogen-bond donors (Lipinski definition) is 0. The second-order valence-electron chi connectivity index (χ2n) is 7.87. The van der Waals surface area contributed by atoms with Crippen molar-refractivity contribution in [3.05, 3.63) is 52.5 Å². The minimum absolute atomic E-state index is 0.0499. The average Bonchev–Trinajstić information content (AvgIpc) is 3.12. The Balaban J connectivity index is 1.85. The number of anilines is 1. The van der Waals surface area contributed by atoms with Crippen LogP contribution < -0.4 is 4.90 Å². The van der Waals surface area contributed by atoms with Crippen LogP contribution in [0.15, 0.2) is 41.3 Å². The van der Waals surface area contributed by atoms with E-state index in [4.69, 9.17) is 16.6 Å². The van der Waals surface area contributed by atoms with Crippen LogP contribution in [-0.2, 0) is 11.2 Å². The van der Waals surface area contributed by atoms with E-state index in [1.807, 2.05) is 57.0 Å². The Hall–Kier alpha value is -1.60. The molecule has 0 saturated carbocycles. The summed E-state index contributed by atoms with van der Waals surface area (Å²) in [5.74, 6) is 0.0499. The highest BCUT2D eigenvalue weighted by atomic mass is 35.5. The maximum Gasteiger partial charge on any atom is 0.233 e. The third kappa shape index (κ3) is 5.76. The fourth-order valence-corrected chi connectivity index (χ4v) is 5.26. The normalized spacial score (nSPS) is 11.6. The van der Waals surface area contributed by atoms with E-state index < -0.39 is 0 Å². The van der Waals surface area contributed by atoms with Crippen molar-refractivity contribution < 1.29 is 4.79 Å². The second kappa shape index (κ2) is 10.1. The van der Waals surface area contributed by atoms with Crippen LogP contribution in [0.1, 0.15) is 25.0 Å². The number of nitrogens with zero attached hydrogens (tertiary/aromatic N) is 3. The molecular weight excluding hydrogens is 434 g/mol. The zero-order valence-corrected chi connectivity index (χ0v) is 20.5. The molecule has 0 bridgehead atoms. The Labute approximate surface area is 192 Å². The van der Waals surface area contributed by atoms with E-state index >= 15 is 0 Å². The van der Waals surface area contributed by atoms with E-state index in [0.29, 0.717) is 28.4 Å². The standard InChI is InChI=1S/C23H28ClN3OS2/c1-15(2)29-18-9-7-17(8-10-18)14-20(28)27(13-12-26(4)5)23-25-21-16(3)6-11-19(24)22(21)30-23/h6-11,15H,12-14H2,1-5H3. The summed E-state index contributed by atoms with van der Waals surface area (Å²) in [7, 11) is 4.01. The molecule has 30 heavy (non-hydrogen) atoms. The lowest BCUT2D eigenvalue weighted by molar-refractivity contribution is -0.118. The summed E-state index contributed by atoms with van der Waals surface area (Å²) in [6.45, 7) is 7.72. The molecule has 3 rings (SSSR count). The number of benzene rings is 2. The van der Waals surface area contributed by atoms with Gasteiger partial charge in [0.15, 0.2) is 5.13 Å². The summed E-state index contributed by atoms with van der Waals surface area (Å²) in [6.07, 6.45) is 0.350. The molecule has 0 radical (unpaired) electrons. The van der Waals surface area contributed by atoms with Gasteiger partial charge in [-0.15, -0.1) is 11.8 Å². The van der Waals surface area contributed by atoms with E-state index in [1.165, 1.54) is 16.2 Å². The third-order valence-electron chi connectivity index (χ3n) is 4.64. The van der Waals surface area contributed by atoms with Crippen molar-refractivity contribution in [2.45, 2.75) is 37.3 Å². The summed E-state index contributed by atoms with van der Waals surface area (Å²) < 4.78 is 0.935. The average molecular weight is 462 g/mol. The summed E-state index contributed by atoms with van der Waals surface area (Å²) >= 11 is 9.70. The monoisotopic (exact) mass is 461 g/mol. The van der Waals surface area contributed by atoms with Gasteiger partial charge in [-0.2, -0.15) is 0 Å². The lowest BCUT2D eigenvalue weighted by Crippen LogP contribution is -2.37. The summed E-state index contributed by atoms with van der Waals surface area (Å²) in [6, 6.07) is 12.1. The highest BCUT2D eigenvalue weighted by Crippen LogP contribution is 2.35. The lowest BCUT2D eigenvalue weighted by Gasteiger charge is -2.22. The van der Waals surface area contributed by atoms with Crippen molar-refractivity contribution in [3.8, 4) is 0 Å². The number of fused-ring (bicyclic) bond motifs is 1. The molecular formula is C23H28ClN3OS2. The molecule has 0 unspecified atom stereocenters. The Kier molecular flexibility index (Phi) is 7.80. The van der Waals surface area contributed by atoms with Gasteiger partial charge < -0.3 is 4.90 Å². The number of thiazole rings is 1.